The van der Waals surface area contributed by atoms with Gasteiger partial charge in [0.15, 0.2) is 0 Å². The summed E-state index contributed by atoms with van der Waals surface area (Å²) in [6.45, 7) is 2.47. The Bertz CT molecular complexity index is 1320. The van der Waals surface area contributed by atoms with Crippen LogP contribution in [0, 0.1) is 6.92 Å². The molecule has 0 saturated heterocycles. The number of carbonyl (C=O) groups is 1. The van der Waals surface area contributed by atoms with E-state index in [0.29, 0.717) is 23.5 Å². The van der Waals surface area contributed by atoms with Crippen molar-refractivity contribution in [1.29, 1.82) is 0 Å². The number of aryl methyl sites for hydroxylation is 1. The summed E-state index contributed by atoms with van der Waals surface area (Å²) in [5.41, 5.74) is 3.20. The number of benzene rings is 3. The van der Waals surface area contributed by atoms with Gasteiger partial charge in [-0.15, -0.1) is 0 Å². The average Bonchev–Trinajstić information content (AvgIpc) is 3.30. The maximum atomic E-state index is 12.7. The topological polar surface area (TPSA) is 93.1 Å². The molecule has 0 saturated carbocycles. The van der Waals surface area contributed by atoms with E-state index < -0.39 is 10.0 Å². The van der Waals surface area contributed by atoms with Crippen molar-refractivity contribution < 1.29 is 13.2 Å². The molecule has 0 aliphatic rings. The number of nitrogens with zero attached hydrogens (tertiary/aromatic N) is 2. The molecule has 4 aromatic rings. The van der Waals surface area contributed by atoms with Crippen LogP contribution in [0.4, 0.5) is 11.4 Å². The number of imidazole rings is 1. The van der Waals surface area contributed by atoms with Crippen molar-refractivity contribution in [2.45, 2.75) is 18.4 Å². The smallest absolute Gasteiger partial charge is 0.261 e. The molecule has 1 amide bonds. The Morgan fingerprint density at radius 3 is 2.44 bits per heavy atom. The van der Waals surface area contributed by atoms with Crippen LogP contribution in [0.15, 0.2) is 96.4 Å². The van der Waals surface area contributed by atoms with E-state index in [4.69, 9.17) is 0 Å². The van der Waals surface area contributed by atoms with Crippen molar-refractivity contribution in [2.75, 3.05) is 10.0 Å². The van der Waals surface area contributed by atoms with Crippen LogP contribution in [0.2, 0.25) is 0 Å². The van der Waals surface area contributed by atoms with Crippen molar-refractivity contribution in [3.63, 3.8) is 0 Å². The Kier molecular flexibility index (Phi) is 6.04. The Morgan fingerprint density at radius 2 is 1.75 bits per heavy atom. The lowest BCUT2D eigenvalue weighted by Gasteiger charge is -2.13. The van der Waals surface area contributed by atoms with Crippen molar-refractivity contribution in [2.24, 2.45) is 0 Å². The fraction of sp³-hybridized carbons (Fsp3) is 0.0833. The maximum absolute atomic E-state index is 12.7. The third-order valence-corrected chi connectivity index (χ3v) is 6.32. The molecule has 8 heteroatoms. The molecule has 1 aromatic heterocycles. The van der Waals surface area contributed by atoms with Crippen LogP contribution < -0.4 is 10.0 Å². The van der Waals surface area contributed by atoms with E-state index in [-0.39, 0.29) is 10.8 Å². The number of nitrogens with one attached hydrogen (secondary N) is 2. The maximum Gasteiger partial charge on any atom is 0.261 e. The normalized spacial score (nSPS) is 11.2. The molecule has 32 heavy (non-hydrogen) atoms. The second-order valence-corrected chi connectivity index (χ2v) is 9.02. The molecule has 1 heterocycles. The second-order valence-electron chi connectivity index (χ2n) is 7.33. The van der Waals surface area contributed by atoms with Crippen LogP contribution in [0.1, 0.15) is 21.5 Å². The predicted octanol–water partition coefficient (Wildman–Crippen LogP) is 4.29. The minimum absolute atomic E-state index is 0.171. The summed E-state index contributed by atoms with van der Waals surface area (Å²) >= 11 is 0. The van der Waals surface area contributed by atoms with Gasteiger partial charge in [-0.1, -0.05) is 36.4 Å². The van der Waals surface area contributed by atoms with Gasteiger partial charge in [0.1, 0.15) is 0 Å². The molecule has 162 valence electrons. The first-order valence-electron chi connectivity index (χ1n) is 9.95. The summed E-state index contributed by atoms with van der Waals surface area (Å²) in [6.07, 6.45) is 5.33. The van der Waals surface area contributed by atoms with Gasteiger partial charge in [0.05, 0.1) is 16.9 Å². The van der Waals surface area contributed by atoms with Gasteiger partial charge in [0, 0.05) is 30.2 Å². The molecule has 0 bridgehead atoms. The van der Waals surface area contributed by atoms with Crippen LogP contribution in [-0.2, 0) is 16.6 Å². The van der Waals surface area contributed by atoms with Gasteiger partial charge >= 0.3 is 0 Å². The zero-order chi connectivity index (χ0) is 22.6. The zero-order valence-electron chi connectivity index (χ0n) is 17.4. The van der Waals surface area contributed by atoms with E-state index in [9.17, 15) is 13.2 Å². The molecule has 0 atom stereocenters. The number of anilines is 2. The Balaban J connectivity index is 1.47. The van der Waals surface area contributed by atoms with Crippen molar-refractivity contribution in [3.05, 3.63) is 108 Å². The monoisotopic (exact) mass is 446 g/mol. The van der Waals surface area contributed by atoms with Gasteiger partial charge < -0.3 is 9.88 Å². The molecule has 0 fully saturated rings. The van der Waals surface area contributed by atoms with E-state index in [0.717, 1.165) is 11.1 Å². The minimum Gasteiger partial charge on any atom is -0.333 e. The molecule has 7 nitrogen and oxygen atoms in total. The lowest BCUT2D eigenvalue weighted by atomic mass is 10.1. The van der Waals surface area contributed by atoms with E-state index in [1.807, 2.05) is 22.9 Å². The summed E-state index contributed by atoms with van der Waals surface area (Å²) in [7, 11) is -3.73. The highest BCUT2D eigenvalue weighted by Crippen LogP contribution is 2.24. The van der Waals surface area contributed by atoms with Gasteiger partial charge in [-0.3, -0.25) is 9.52 Å². The number of hydrogen-bond donors (Lipinski definition) is 2. The van der Waals surface area contributed by atoms with Crippen molar-refractivity contribution in [3.8, 4) is 0 Å². The lowest BCUT2D eigenvalue weighted by molar-refractivity contribution is 0.102. The lowest BCUT2D eigenvalue weighted by Crippen LogP contribution is -2.15. The van der Waals surface area contributed by atoms with Crippen LogP contribution in [0.25, 0.3) is 0 Å². The molecule has 3 aromatic carbocycles. The Labute approximate surface area is 186 Å². The van der Waals surface area contributed by atoms with Crippen LogP contribution in [0.5, 0.6) is 0 Å². The van der Waals surface area contributed by atoms with E-state index in [1.165, 1.54) is 12.1 Å². The summed E-state index contributed by atoms with van der Waals surface area (Å²) in [5.74, 6) is -0.278. The largest absolute Gasteiger partial charge is 0.333 e. The average molecular weight is 447 g/mol. The van der Waals surface area contributed by atoms with Crippen LogP contribution in [-0.4, -0.2) is 23.9 Å². The van der Waals surface area contributed by atoms with Gasteiger partial charge in [0.25, 0.3) is 15.9 Å². The highest BCUT2D eigenvalue weighted by Gasteiger charge is 2.15. The van der Waals surface area contributed by atoms with Gasteiger partial charge in [-0.2, -0.15) is 0 Å². The van der Waals surface area contributed by atoms with E-state index >= 15 is 0 Å². The summed E-state index contributed by atoms with van der Waals surface area (Å²) < 4.78 is 29.8. The van der Waals surface area contributed by atoms with Gasteiger partial charge in [-0.05, 0) is 54.4 Å². The van der Waals surface area contributed by atoms with Crippen molar-refractivity contribution in [1.82, 2.24) is 9.55 Å². The highest BCUT2D eigenvalue weighted by molar-refractivity contribution is 7.92. The molecule has 0 aliphatic carbocycles. The quantitative estimate of drug-likeness (QED) is 0.443. The number of hydrogen-bond acceptors (Lipinski definition) is 4. The van der Waals surface area contributed by atoms with Gasteiger partial charge in [-0.25, -0.2) is 13.4 Å². The SMILES string of the molecule is Cc1ccc(NC(=O)c2ccc(Cn3ccnc3)cc2)cc1NS(=O)(=O)c1ccccc1. The summed E-state index contributed by atoms with van der Waals surface area (Å²) in [4.78, 5) is 16.9. The number of rotatable bonds is 7. The molecule has 0 spiro atoms. The Morgan fingerprint density at radius 1 is 1.00 bits per heavy atom. The second kappa shape index (κ2) is 9.07. The fourth-order valence-electron chi connectivity index (χ4n) is 3.17. The number of amides is 1. The Hall–Kier alpha value is -3.91. The predicted molar refractivity (Wildman–Crippen MR) is 124 cm³/mol. The standard InChI is InChI=1S/C24H22N4O3S/c1-18-7-12-21(15-23(18)27-32(30,31)22-5-3-2-4-6-22)26-24(29)20-10-8-19(9-11-20)16-28-14-13-25-17-28/h2-15,17,27H,16H2,1H3,(H,26,29). The number of carbonyl (C=O) groups excluding carboxylic acids is 1. The first kappa shape index (κ1) is 21.3. The molecular formula is C24H22N4O3S. The molecule has 0 radical (unpaired) electrons. The summed E-state index contributed by atoms with van der Waals surface area (Å²) in [5, 5.41) is 2.83. The van der Waals surface area contributed by atoms with Crippen LogP contribution in [0.3, 0.4) is 0 Å². The third-order valence-electron chi connectivity index (χ3n) is 4.93. The number of sulfonamides is 1. The highest BCUT2D eigenvalue weighted by atomic mass is 32.2. The first-order chi connectivity index (χ1) is 15.4. The first-order valence-corrected chi connectivity index (χ1v) is 11.4. The van der Waals surface area contributed by atoms with Crippen molar-refractivity contribution >= 4 is 27.3 Å². The number of aromatic nitrogens is 2. The molecule has 0 unspecified atom stereocenters. The van der Waals surface area contributed by atoms with Crippen LogP contribution >= 0.6 is 0 Å². The fourth-order valence-corrected chi connectivity index (χ4v) is 4.31. The van der Waals surface area contributed by atoms with E-state index in [2.05, 4.69) is 15.0 Å². The summed E-state index contributed by atoms with van der Waals surface area (Å²) in [6, 6.07) is 20.5. The molecule has 0 aliphatic heterocycles. The molecular weight excluding hydrogens is 424 g/mol. The van der Waals surface area contributed by atoms with Gasteiger partial charge in [0.2, 0.25) is 0 Å². The van der Waals surface area contributed by atoms with E-state index in [1.54, 1.807) is 68.0 Å². The zero-order valence-corrected chi connectivity index (χ0v) is 18.2. The molecule has 2 N–H and O–H groups in total. The minimum atomic E-state index is -3.73. The third kappa shape index (κ3) is 5.04. The molecule has 4 rings (SSSR count).